The average molecular weight is 303 g/mol. The Morgan fingerprint density at radius 3 is 3.00 bits per heavy atom. The zero-order valence-electron chi connectivity index (χ0n) is 13.3. The molecule has 1 aromatic rings. The van der Waals surface area contributed by atoms with Gasteiger partial charge in [0.2, 0.25) is 5.91 Å². The number of pyridine rings is 1. The van der Waals surface area contributed by atoms with Crippen molar-refractivity contribution >= 4 is 5.91 Å². The van der Waals surface area contributed by atoms with Crippen LogP contribution >= 0.6 is 0 Å². The van der Waals surface area contributed by atoms with E-state index in [9.17, 15) is 4.79 Å². The summed E-state index contributed by atoms with van der Waals surface area (Å²) in [5.74, 6) is 0.285. The fourth-order valence-electron chi connectivity index (χ4n) is 3.85. The van der Waals surface area contributed by atoms with Crippen molar-refractivity contribution in [2.45, 2.75) is 19.3 Å². The Morgan fingerprint density at radius 2 is 2.27 bits per heavy atom. The van der Waals surface area contributed by atoms with E-state index >= 15 is 0 Å². The third-order valence-electron chi connectivity index (χ3n) is 5.03. The first kappa shape index (κ1) is 15.4. The minimum absolute atomic E-state index is 0.0881. The number of nitrogens with zero attached hydrogens (tertiary/aromatic N) is 2. The lowest BCUT2D eigenvalue weighted by atomic mass is 9.72. The SMILES string of the molecule is CN1CC(C(=O)NCCc2ccccn2)C2(CCOCC2)C1. The van der Waals surface area contributed by atoms with Crippen molar-refractivity contribution < 1.29 is 9.53 Å². The van der Waals surface area contributed by atoms with Crippen LogP contribution in [-0.4, -0.2) is 55.7 Å². The summed E-state index contributed by atoms with van der Waals surface area (Å²) in [7, 11) is 2.11. The predicted molar refractivity (Wildman–Crippen MR) is 84.4 cm³/mol. The maximum absolute atomic E-state index is 12.7. The molecule has 120 valence electrons. The molecule has 1 spiro atoms. The maximum atomic E-state index is 12.7. The molecule has 5 nitrogen and oxygen atoms in total. The lowest BCUT2D eigenvalue weighted by Crippen LogP contribution is -2.44. The van der Waals surface area contributed by atoms with Gasteiger partial charge in [-0.15, -0.1) is 0 Å². The van der Waals surface area contributed by atoms with Crippen LogP contribution in [0, 0.1) is 11.3 Å². The van der Waals surface area contributed by atoms with Gasteiger partial charge >= 0.3 is 0 Å². The summed E-state index contributed by atoms with van der Waals surface area (Å²) >= 11 is 0. The highest BCUT2D eigenvalue weighted by Gasteiger charge is 2.49. The van der Waals surface area contributed by atoms with Gasteiger partial charge < -0.3 is 15.0 Å². The van der Waals surface area contributed by atoms with Crippen LogP contribution in [0.5, 0.6) is 0 Å². The number of hydrogen-bond acceptors (Lipinski definition) is 4. The summed E-state index contributed by atoms with van der Waals surface area (Å²) in [6.45, 7) is 4.09. The lowest BCUT2D eigenvalue weighted by molar-refractivity contribution is -0.129. The molecule has 0 aliphatic carbocycles. The van der Waals surface area contributed by atoms with Gasteiger partial charge in [0.1, 0.15) is 0 Å². The van der Waals surface area contributed by atoms with Gasteiger partial charge in [0.15, 0.2) is 0 Å². The fourth-order valence-corrected chi connectivity index (χ4v) is 3.85. The van der Waals surface area contributed by atoms with Crippen LogP contribution in [0.2, 0.25) is 0 Å². The smallest absolute Gasteiger partial charge is 0.225 e. The number of aromatic nitrogens is 1. The van der Waals surface area contributed by atoms with E-state index in [1.807, 2.05) is 18.2 Å². The highest BCUT2D eigenvalue weighted by molar-refractivity contribution is 5.80. The second-order valence-electron chi connectivity index (χ2n) is 6.59. The van der Waals surface area contributed by atoms with Crippen molar-refractivity contribution in [3.8, 4) is 0 Å². The van der Waals surface area contributed by atoms with Crippen molar-refractivity contribution in [2.75, 3.05) is 39.9 Å². The molecule has 3 heterocycles. The molecule has 2 aliphatic heterocycles. The minimum atomic E-state index is 0.0881. The number of nitrogens with one attached hydrogen (secondary N) is 1. The van der Waals surface area contributed by atoms with Crippen LogP contribution in [0.15, 0.2) is 24.4 Å². The topological polar surface area (TPSA) is 54.5 Å². The van der Waals surface area contributed by atoms with Crippen molar-refractivity contribution in [2.24, 2.45) is 11.3 Å². The van der Waals surface area contributed by atoms with E-state index in [0.717, 1.165) is 51.3 Å². The summed E-state index contributed by atoms with van der Waals surface area (Å²) in [5, 5.41) is 3.12. The van der Waals surface area contributed by atoms with Crippen molar-refractivity contribution in [1.29, 1.82) is 0 Å². The molecule has 0 radical (unpaired) electrons. The standard InChI is InChI=1S/C17H25N3O2/c1-20-12-15(17(13-20)6-10-22-11-7-17)16(21)19-9-5-14-4-2-3-8-18-14/h2-4,8,15H,5-7,9-13H2,1H3,(H,19,21). The van der Waals surface area contributed by atoms with Crippen LogP contribution in [-0.2, 0) is 16.0 Å². The molecule has 0 aromatic carbocycles. The first-order valence-corrected chi connectivity index (χ1v) is 8.13. The molecule has 0 bridgehead atoms. The molecule has 22 heavy (non-hydrogen) atoms. The van der Waals surface area contributed by atoms with E-state index in [1.54, 1.807) is 6.20 Å². The second-order valence-corrected chi connectivity index (χ2v) is 6.59. The van der Waals surface area contributed by atoms with E-state index in [-0.39, 0.29) is 17.2 Å². The van der Waals surface area contributed by atoms with Gasteiger partial charge in [-0.25, -0.2) is 0 Å². The number of amides is 1. The highest BCUT2D eigenvalue weighted by Crippen LogP contribution is 2.43. The van der Waals surface area contributed by atoms with Crippen molar-refractivity contribution in [3.63, 3.8) is 0 Å². The van der Waals surface area contributed by atoms with Gasteiger partial charge in [0, 0.05) is 56.6 Å². The average Bonchev–Trinajstić information content (AvgIpc) is 2.85. The predicted octanol–water partition coefficient (Wildman–Crippen LogP) is 1.10. The molecule has 1 N–H and O–H groups in total. The van der Waals surface area contributed by atoms with Crippen LogP contribution in [0.3, 0.4) is 0 Å². The molecule has 1 unspecified atom stereocenters. The summed E-state index contributed by atoms with van der Waals surface area (Å²) < 4.78 is 5.50. The van der Waals surface area contributed by atoms with E-state index in [4.69, 9.17) is 4.74 Å². The van der Waals surface area contributed by atoms with Gasteiger partial charge in [-0.05, 0) is 32.0 Å². The third-order valence-corrected chi connectivity index (χ3v) is 5.03. The van der Waals surface area contributed by atoms with E-state index in [2.05, 4.69) is 22.2 Å². The molecule has 1 amide bonds. The molecule has 2 fully saturated rings. The summed E-state index contributed by atoms with van der Waals surface area (Å²) in [6, 6.07) is 5.88. The molecule has 3 rings (SSSR count). The third kappa shape index (κ3) is 3.31. The normalized spacial score (nSPS) is 24.5. The number of hydrogen-bond donors (Lipinski definition) is 1. The number of rotatable bonds is 4. The zero-order valence-corrected chi connectivity index (χ0v) is 13.3. The number of carbonyl (C=O) groups is 1. The van der Waals surface area contributed by atoms with Gasteiger partial charge in [0.25, 0.3) is 0 Å². The molecule has 2 aliphatic rings. The van der Waals surface area contributed by atoms with Crippen molar-refractivity contribution in [1.82, 2.24) is 15.2 Å². The number of carbonyl (C=O) groups excluding carboxylic acids is 1. The monoisotopic (exact) mass is 303 g/mol. The zero-order chi connectivity index (χ0) is 15.4. The van der Waals surface area contributed by atoms with Gasteiger partial charge in [-0.3, -0.25) is 9.78 Å². The fraction of sp³-hybridized carbons (Fsp3) is 0.647. The highest BCUT2D eigenvalue weighted by atomic mass is 16.5. The molecule has 1 aromatic heterocycles. The Bertz CT molecular complexity index is 500. The lowest BCUT2D eigenvalue weighted by Gasteiger charge is -2.37. The van der Waals surface area contributed by atoms with Crippen LogP contribution in [0.25, 0.3) is 0 Å². The Kier molecular flexibility index (Phi) is 4.74. The maximum Gasteiger partial charge on any atom is 0.225 e. The van der Waals surface area contributed by atoms with Crippen LogP contribution in [0.1, 0.15) is 18.5 Å². The van der Waals surface area contributed by atoms with Gasteiger partial charge in [0.05, 0.1) is 5.92 Å². The molecule has 0 saturated carbocycles. The van der Waals surface area contributed by atoms with E-state index in [0.29, 0.717) is 6.54 Å². The summed E-state index contributed by atoms with van der Waals surface area (Å²) in [5.41, 5.74) is 1.13. The Labute approximate surface area is 132 Å². The Morgan fingerprint density at radius 1 is 1.45 bits per heavy atom. The quantitative estimate of drug-likeness (QED) is 0.905. The van der Waals surface area contributed by atoms with Crippen molar-refractivity contribution in [3.05, 3.63) is 30.1 Å². The van der Waals surface area contributed by atoms with E-state index < -0.39 is 0 Å². The molecule has 5 heteroatoms. The second kappa shape index (κ2) is 6.75. The Balaban J connectivity index is 1.56. The van der Waals surface area contributed by atoms with Gasteiger partial charge in [-0.2, -0.15) is 0 Å². The molecule has 1 atom stereocenters. The molecular formula is C17H25N3O2. The van der Waals surface area contributed by atoms with Gasteiger partial charge in [-0.1, -0.05) is 6.07 Å². The first-order valence-electron chi connectivity index (χ1n) is 8.13. The first-order chi connectivity index (χ1) is 10.7. The summed E-state index contributed by atoms with van der Waals surface area (Å²) in [6.07, 6.45) is 4.57. The number of likely N-dealkylation sites (tertiary alicyclic amines) is 1. The number of ether oxygens (including phenoxy) is 1. The largest absolute Gasteiger partial charge is 0.381 e. The summed E-state index contributed by atoms with van der Waals surface area (Å²) in [4.78, 5) is 19.2. The van der Waals surface area contributed by atoms with E-state index in [1.165, 1.54) is 0 Å². The molecular weight excluding hydrogens is 278 g/mol. The van der Waals surface area contributed by atoms with Crippen LogP contribution in [0.4, 0.5) is 0 Å². The minimum Gasteiger partial charge on any atom is -0.381 e. The molecule has 2 saturated heterocycles. The Hall–Kier alpha value is -1.46. The van der Waals surface area contributed by atoms with Crippen LogP contribution < -0.4 is 5.32 Å².